The van der Waals surface area contributed by atoms with E-state index in [4.69, 9.17) is 42.6 Å². The second kappa shape index (κ2) is 27.6. The summed E-state index contributed by atoms with van der Waals surface area (Å²) in [6.07, 6.45) is 17.6. The maximum Gasteiger partial charge on any atom is 0.343 e. The third-order valence-corrected chi connectivity index (χ3v) is 12.6. The second-order valence-electron chi connectivity index (χ2n) is 19.3. The van der Waals surface area contributed by atoms with Crippen molar-refractivity contribution >= 4 is 11.9 Å². The Morgan fingerprint density at radius 3 is 1.10 bits per heavy atom. The fourth-order valence-corrected chi connectivity index (χ4v) is 8.66. The van der Waals surface area contributed by atoms with E-state index < -0.39 is 47.9 Å². The van der Waals surface area contributed by atoms with E-state index in [0.29, 0.717) is 35.8 Å². The molecule has 0 aliphatic carbocycles. The van der Waals surface area contributed by atoms with Gasteiger partial charge in [-0.15, -0.1) is 0 Å². The molecule has 0 spiro atoms. The molecular formula is C58H78O11. The van der Waals surface area contributed by atoms with E-state index in [1.807, 2.05) is 76.2 Å². The Bertz CT molecular complexity index is 1950. The van der Waals surface area contributed by atoms with Gasteiger partial charge in [-0.25, -0.2) is 9.59 Å². The first-order valence-corrected chi connectivity index (χ1v) is 25.8. The molecule has 6 rings (SSSR count). The van der Waals surface area contributed by atoms with Crippen LogP contribution in [-0.4, -0.2) is 62.1 Å². The molecule has 2 aliphatic heterocycles. The van der Waals surface area contributed by atoms with Gasteiger partial charge >= 0.3 is 11.9 Å². The molecule has 2 unspecified atom stereocenters. The normalized spacial score (nSPS) is 18.1. The lowest BCUT2D eigenvalue weighted by atomic mass is 10.0. The highest BCUT2D eigenvalue weighted by atomic mass is 16.8. The number of rotatable bonds is 30. The van der Waals surface area contributed by atoms with Crippen molar-refractivity contribution in [3.63, 3.8) is 0 Å². The van der Waals surface area contributed by atoms with E-state index in [9.17, 15) is 9.59 Å². The summed E-state index contributed by atoms with van der Waals surface area (Å²) in [6, 6.07) is 28.6. The van der Waals surface area contributed by atoms with Crippen molar-refractivity contribution in [3.05, 3.63) is 119 Å². The lowest BCUT2D eigenvalue weighted by Gasteiger charge is -2.32. The van der Waals surface area contributed by atoms with E-state index in [-0.39, 0.29) is 13.2 Å². The number of carbonyl (C=O) groups is 2. The van der Waals surface area contributed by atoms with Gasteiger partial charge in [0.05, 0.1) is 37.6 Å². The molecule has 376 valence electrons. The number of carbonyl (C=O) groups excluding carboxylic acids is 2. The van der Waals surface area contributed by atoms with Crippen LogP contribution < -0.4 is 18.9 Å². The molecule has 0 saturated carbocycles. The molecule has 2 heterocycles. The third-order valence-electron chi connectivity index (χ3n) is 12.6. The van der Waals surface area contributed by atoms with Gasteiger partial charge in [0.1, 0.15) is 47.4 Å². The molecule has 0 bridgehead atoms. The van der Waals surface area contributed by atoms with E-state index in [2.05, 4.69) is 13.8 Å². The van der Waals surface area contributed by atoms with Crippen molar-refractivity contribution in [2.45, 2.75) is 180 Å². The predicted molar refractivity (Wildman–Crippen MR) is 268 cm³/mol. The Labute approximate surface area is 411 Å². The van der Waals surface area contributed by atoms with Gasteiger partial charge in [-0.3, -0.25) is 0 Å². The summed E-state index contributed by atoms with van der Waals surface area (Å²) in [4.78, 5) is 26.4. The standard InChI is InChI=1S/C58H78O11/c1-7-9-11-13-15-17-19-21-39-61-47-31-27-45(28-32-47)55(59)65-49-35-23-43(24-36-49)53(51-41-63-57(3,4)68-51)67-54(52-42-64-58(5,6)69-52)44-25-37-50(38-26-44)66-56(60)46-29-33-48(34-30-46)62-40-22-20-18-16-14-12-10-8-2/h23-38,51-54H,7-22,39-42H2,1-6H3/t51?,52?,53-,54-/m0/s1. The van der Waals surface area contributed by atoms with Gasteiger partial charge in [0, 0.05) is 0 Å². The lowest BCUT2D eigenvalue weighted by molar-refractivity contribution is -0.187. The highest BCUT2D eigenvalue weighted by molar-refractivity contribution is 5.91. The Morgan fingerprint density at radius 1 is 0.464 bits per heavy atom. The van der Waals surface area contributed by atoms with E-state index in [0.717, 1.165) is 48.3 Å². The number of hydrogen-bond donors (Lipinski definition) is 0. The molecule has 4 aromatic carbocycles. The monoisotopic (exact) mass is 951 g/mol. The summed E-state index contributed by atoms with van der Waals surface area (Å²) in [5.74, 6) is -0.365. The highest BCUT2D eigenvalue weighted by Gasteiger charge is 2.44. The van der Waals surface area contributed by atoms with Crippen molar-refractivity contribution in [2.24, 2.45) is 0 Å². The van der Waals surface area contributed by atoms with Crippen LogP contribution in [0, 0.1) is 0 Å². The van der Waals surface area contributed by atoms with Crippen LogP contribution in [0.5, 0.6) is 23.0 Å². The summed E-state index contributed by atoms with van der Waals surface area (Å²) in [5.41, 5.74) is 2.43. The van der Waals surface area contributed by atoms with Gasteiger partial charge in [-0.05, 0) is 124 Å². The van der Waals surface area contributed by atoms with Crippen LogP contribution in [0.4, 0.5) is 0 Å². The average Bonchev–Trinajstić information content (AvgIpc) is 3.91. The van der Waals surface area contributed by atoms with Gasteiger partial charge in [0.25, 0.3) is 0 Å². The molecule has 11 heteroatoms. The van der Waals surface area contributed by atoms with Crippen LogP contribution in [0.2, 0.25) is 0 Å². The molecule has 2 aliphatic rings. The summed E-state index contributed by atoms with van der Waals surface area (Å²) >= 11 is 0. The smallest absolute Gasteiger partial charge is 0.343 e. The molecular weight excluding hydrogens is 873 g/mol. The first-order valence-electron chi connectivity index (χ1n) is 25.8. The van der Waals surface area contributed by atoms with Crippen LogP contribution in [-0.2, 0) is 23.7 Å². The lowest BCUT2D eigenvalue weighted by Crippen LogP contribution is -2.33. The minimum absolute atomic E-state index is 0.286. The molecule has 0 N–H and O–H groups in total. The molecule has 2 saturated heterocycles. The van der Waals surface area contributed by atoms with Crippen LogP contribution in [0.3, 0.4) is 0 Å². The van der Waals surface area contributed by atoms with Crippen molar-refractivity contribution in [1.29, 1.82) is 0 Å². The molecule has 2 fully saturated rings. The van der Waals surface area contributed by atoms with Crippen LogP contribution in [0.15, 0.2) is 97.1 Å². The minimum atomic E-state index is -0.827. The van der Waals surface area contributed by atoms with Crippen LogP contribution in [0.25, 0.3) is 0 Å². The van der Waals surface area contributed by atoms with Gasteiger partial charge in [0.15, 0.2) is 11.6 Å². The Morgan fingerprint density at radius 2 is 0.783 bits per heavy atom. The summed E-state index contributed by atoms with van der Waals surface area (Å²) in [5, 5.41) is 0. The molecule has 4 aromatic rings. The molecule has 11 nitrogen and oxygen atoms in total. The van der Waals surface area contributed by atoms with Crippen LogP contribution >= 0.6 is 0 Å². The predicted octanol–water partition coefficient (Wildman–Crippen LogP) is 14.3. The van der Waals surface area contributed by atoms with Crippen molar-refractivity contribution < 1.29 is 52.2 Å². The first-order chi connectivity index (χ1) is 33.4. The van der Waals surface area contributed by atoms with Crippen molar-refractivity contribution in [3.8, 4) is 23.0 Å². The highest BCUT2D eigenvalue weighted by Crippen LogP contribution is 2.41. The van der Waals surface area contributed by atoms with E-state index >= 15 is 0 Å². The Kier molecular flexibility index (Phi) is 21.4. The van der Waals surface area contributed by atoms with Gasteiger partial charge in [-0.1, -0.05) is 128 Å². The van der Waals surface area contributed by atoms with Crippen molar-refractivity contribution in [2.75, 3.05) is 26.4 Å². The number of ether oxygens (including phenoxy) is 9. The van der Waals surface area contributed by atoms with Gasteiger partial charge < -0.3 is 42.6 Å². The van der Waals surface area contributed by atoms with Crippen LogP contribution in [0.1, 0.15) is 188 Å². The fourth-order valence-electron chi connectivity index (χ4n) is 8.66. The quantitative estimate of drug-likeness (QED) is 0.0282. The Hall–Kier alpha value is -4.78. The topological polar surface area (TPSA) is 117 Å². The zero-order chi connectivity index (χ0) is 48.9. The molecule has 0 radical (unpaired) electrons. The zero-order valence-corrected chi connectivity index (χ0v) is 42.2. The van der Waals surface area contributed by atoms with Gasteiger partial charge in [-0.2, -0.15) is 0 Å². The average molecular weight is 951 g/mol. The molecule has 0 aromatic heterocycles. The summed E-state index contributed by atoms with van der Waals surface area (Å²) in [7, 11) is 0. The number of unbranched alkanes of at least 4 members (excludes halogenated alkanes) is 14. The number of hydrogen-bond acceptors (Lipinski definition) is 11. The molecule has 0 amide bonds. The first kappa shape index (κ1) is 53.6. The van der Waals surface area contributed by atoms with Gasteiger partial charge in [0.2, 0.25) is 0 Å². The SMILES string of the molecule is CCCCCCCCCCOc1ccc(C(=O)Oc2ccc([C@H](O[C@@H](c3ccc(OC(=O)c4ccc(OCCCCCCCCCC)cc4)cc3)C3COC(C)(C)O3)C3COC(C)(C)O3)cc2)cc1. The number of benzene rings is 4. The largest absolute Gasteiger partial charge is 0.494 e. The Balaban J connectivity index is 1.06. The maximum atomic E-state index is 13.2. The fraction of sp³-hybridized carbons (Fsp3) is 0.552. The maximum absolute atomic E-state index is 13.2. The van der Waals surface area contributed by atoms with Crippen molar-refractivity contribution in [1.82, 2.24) is 0 Å². The summed E-state index contributed by atoms with van der Waals surface area (Å²) in [6.45, 7) is 13.9. The summed E-state index contributed by atoms with van der Waals surface area (Å²) < 4.78 is 55.4. The zero-order valence-electron chi connectivity index (χ0n) is 42.2. The van der Waals surface area contributed by atoms with E-state index in [1.54, 1.807) is 48.5 Å². The minimum Gasteiger partial charge on any atom is -0.494 e. The molecule has 4 atom stereocenters. The van der Waals surface area contributed by atoms with E-state index in [1.165, 1.54) is 77.0 Å². The third kappa shape index (κ3) is 17.8. The molecule has 69 heavy (non-hydrogen) atoms. The number of esters is 2. The second-order valence-corrected chi connectivity index (χ2v) is 19.3.